The number of para-hydroxylation sites is 1. The van der Waals surface area contributed by atoms with Crippen molar-refractivity contribution in [2.45, 2.75) is 11.3 Å². The molecule has 0 N–H and O–H groups in total. The maximum Gasteiger partial charge on any atom is 0.573 e. The molecule has 3 rings (SSSR count). The van der Waals surface area contributed by atoms with Gasteiger partial charge in [-0.25, -0.2) is 27.3 Å². The molecule has 0 aliphatic carbocycles. The van der Waals surface area contributed by atoms with Crippen molar-refractivity contribution < 1.29 is 26.3 Å². The largest absolute Gasteiger partial charge is 0.573 e. The van der Waals surface area contributed by atoms with Crippen molar-refractivity contribution in [1.29, 1.82) is 0 Å². The Kier molecular flexibility index (Phi) is 3.43. The molecule has 0 saturated heterocycles. The third-order valence-corrected chi connectivity index (χ3v) is 4.47. The van der Waals surface area contributed by atoms with Gasteiger partial charge in [-0.2, -0.15) is 0 Å². The number of alkyl halides is 3. The Morgan fingerprint density at radius 1 is 1.13 bits per heavy atom. The van der Waals surface area contributed by atoms with Crippen LogP contribution in [0.15, 0.2) is 48.0 Å². The zero-order chi connectivity index (χ0) is 16.7. The third kappa shape index (κ3) is 2.82. The van der Waals surface area contributed by atoms with Crippen molar-refractivity contribution in [3.63, 3.8) is 0 Å². The number of fused-ring (bicyclic) bond motifs is 1. The quantitative estimate of drug-likeness (QED) is 0.722. The number of nitrogens with zero attached hydrogens (tertiary/aromatic N) is 4. The molecule has 0 fully saturated rings. The van der Waals surface area contributed by atoms with E-state index in [2.05, 4.69) is 19.7 Å². The molecule has 1 aromatic carbocycles. The average molecular weight is 344 g/mol. The van der Waals surface area contributed by atoms with Crippen LogP contribution in [0.1, 0.15) is 0 Å². The van der Waals surface area contributed by atoms with Crippen LogP contribution in [0.25, 0.3) is 11.2 Å². The minimum absolute atomic E-state index is 0.0539. The lowest BCUT2D eigenvalue weighted by molar-refractivity contribution is -0.275. The molecule has 0 spiro atoms. The van der Waals surface area contributed by atoms with Crippen molar-refractivity contribution >= 4 is 21.2 Å². The van der Waals surface area contributed by atoms with E-state index in [0.717, 1.165) is 24.8 Å². The lowest BCUT2D eigenvalue weighted by atomic mass is 10.3. The number of imidazole rings is 1. The lowest BCUT2D eigenvalue weighted by Gasteiger charge is -2.13. The number of benzene rings is 1. The standard InChI is InChI=1S/C12H7F3N4O3S/c13-12(14,15)22-9-3-1-2-4-10(9)23(20,21)19-7-18-8-5-16-6-17-11(8)19/h1-7H. The summed E-state index contributed by atoms with van der Waals surface area (Å²) in [5, 5.41) is 0. The Bertz CT molecular complexity index is 969. The first-order valence-electron chi connectivity index (χ1n) is 6.02. The maximum absolute atomic E-state index is 12.6. The summed E-state index contributed by atoms with van der Waals surface area (Å²) in [6.07, 6.45) is -1.69. The highest BCUT2D eigenvalue weighted by atomic mass is 32.2. The molecule has 0 amide bonds. The molecule has 0 bridgehead atoms. The minimum atomic E-state index is -5.02. The zero-order valence-corrected chi connectivity index (χ0v) is 11.9. The van der Waals surface area contributed by atoms with E-state index in [9.17, 15) is 21.6 Å². The second-order valence-electron chi connectivity index (χ2n) is 4.27. The van der Waals surface area contributed by atoms with Crippen molar-refractivity contribution in [2.75, 3.05) is 0 Å². The molecular formula is C12H7F3N4O3S. The normalized spacial score (nSPS) is 12.5. The van der Waals surface area contributed by atoms with Crippen LogP contribution in [-0.2, 0) is 10.0 Å². The number of hydrogen-bond acceptors (Lipinski definition) is 6. The first kappa shape index (κ1) is 15.2. The van der Waals surface area contributed by atoms with Gasteiger partial charge in [0.25, 0.3) is 10.0 Å². The van der Waals surface area contributed by atoms with E-state index in [1.165, 1.54) is 18.3 Å². The minimum Gasteiger partial charge on any atom is -0.404 e. The molecule has 0 radical (unpaired) electrons. The van der Waals surface area contributed by atoms with Crippen LogP contribution >= 0.6 is 0 Å². The second kappa shape index (κ2) is 5.19. The topological polar surface area (TPSA) is 87.0 Å². The van der Waals surface area contributed by atoms with E-state index >= 15 is 0 Å². The van der Waals surface area contributed by atoms with Crippen LogP contribution in [0.5, 0.6) is 5.75 Å². The number of halogens is 3. The summed E-state index contributed by atoms with van der Waals surface area (Å²) < 4.78 is 67.1. The fourth-order valence-corrected chi connectivity index (χ4v) is 3.27. The van der Waals surface area contributed by atoms with Crippen LogP contribution < -0.4 is 4.74 Å². The van der Waals surface area contributed by atoms with Gasteiger partial charge < -0.3 is 4.74 Å². The van der Waals surface area contributed by atoms with Gasteiger partial charge in [0.05, 0.1) is 6.20 Å². The van der Waals surface area contributed by atoms with E-state index in [-0.39, 0.29) is 11.2 Å². The van der Waals surface area contributed by atoms with Crippen LogP contribution in [0.4, 0.5) is 13.2 Å². The smallest absolute Gasteiger partial charge is 0.404 e. The third-order valence-electron chi connectivity index (χ3n) is 2.79. The van der Waals surface area contributed by atoms with Crippen LogP contribution in [-0.4, -0.2) is 33.7 Å². The summed E-state index contributed by atoms with van der Waals surface area (Å²) in [6.45, 7) is 0. The van der Waals surface area contributed by atoms with Gasteiger partial charge in [-0.05, 0) is 12.1 Å². The van der Waals surface area contributed by atoms with E-state index in [4.69, 9.17) is 0 Å². The van der Waals surface area contributed by atoms with Gasteiger partial charge in [0.15, 0.2) is 5.65 Å². The number of hydrogen-bond donors (Lipinski definition) is 0. The van der Waals surface area contributed by atoms with Gasteiger partial charge in [0.2, 0.25) is 0 Å². The lowest BCUT2D eigenvalue weighted by Crippen LogP contribution is -2.20. The molecule has 0 unspecified atom stereocenters. The first-order valence-corrected chi connectivity index (χ1v) is 7.46. The molecule has 2 aromatic heterocycles. The maximum atomic E-state index is 12.6. The van der Waals surface area contributed by atoms with Crippen molar-refractivity contribution in [2.24, 2.45) is 0 Å². The summed E-state index contributed by atoms with van der Waals surface area (Å²) in [4.78, 5) is 10.6. The van der Waals surface area contributed by atoms with Crippen molar-refractivity contribution in [3.05, 3.63) is 43.1 Å². The molecule has 3 aromatic rings. The molecule has 0 saturated carbocycles. The van der Waals surface area contributed by atoms with Crippen molar-refractivity contribution in [3.8, 4) is 5.75 Å². The van der Waals surface area contributed by atoms with Crippen LogP contribution in [0, 0.1) is 0 Å². The number of ether oxygens (including phenoxy) is 1. The summed E-state index contributed by atoms with van der Waals surface area (Å²) in [7, 11) is -4.39. The molecule has 23 heavy (non-hydrogen) atoms. The molecule has 0 aliphatic rings. The van der Waals surface area contributed by atoms with Crippen LogP contribution in [0.2, 0.25) is 0 Å². The van der Waals surface area contributed by atoms with Gasteiger partial charge in [0.1, 0.15) is 28.8 Å². The first-order chi connectivity index (χ1) is 10.8. The molecule has 11 heteroatoms. The van der Waals surface area contributed by atoms with Gasteiger partial charge >= 0.3 is 6.36 Å². The van der Waals surface area contributed by atoms with Gasteiger partial charge in [0, 0.05) is 0 Å². The van der Waals surface area contributed by atoms with Gasteiger partial charge in [-0.15, -0.1) is 13.2 Å². The van der Waals surface area contributed by atoms with Gasteiger partial charge in [-0.3, -0.25) is 0 Å². The van der Waals surface area contributed by atoms with E-state index in [1.807, 2.05) is 0 Å². The Morgan fingerprint density at radius 3 is 2.61 bits per heavy atom. The molecule has 7 nitrogen and oxygen atoms in total. The van der Waals surface area contributed by atoms with Crippen LogP contribution in [0.3, 0.4) is 0 Å². The number of aromatic nitrogens is 4. The molecule has 0 atom stereocenters. The summed E-state index contributed by atoms with van der Waals surface area (Å²) in [5.41, 5.74) is 0.132. The number of rotatable bonds is 3. The van der Waals surface area contributed by atoms with Crippen molar-refractivity contribution in [1.82, 2.24) is 18.9 Å². The van der Waals surface area contributed by atoms with Gasteiger partial charge in [-0.1, -0.05) is 12.1 Å². The Labute approximate surface area is 127 Å². The predicted molar refractivity (Wildman–Crippen MR) is 71.0 cm³/mol. The fourth-order valence-electron chi connectivity index (χ4n) is 1.90. The average Bonchev–Trinajstić information content (AvgIpc) is 2.90. The Balaban J connectivity index is 2.18. The molecule has 120 valence electrons. The fraction of sp³-hybridized carbons (Fsp3) is 0.0833. The monoisotopic (exact) mass is 344 g/mol. The molecular weight excluding hydrogens is 337 g/mol. The highest BCUT2D eigenvalue weighted by Crippen LogP contribution is 2.31. The SMILES string of the molecule is O=S(=O)(c1ccccc1OC(F)(F)F)n1cnc2cncnc21. The highest BCUT2D eigenvalue weighted by molar-refractivity contribution is 7.90. The predicted octanol–water partition coefficient (Wildman–Crippen LogP) is 1.96. The van der Waals surface area contributed by atoms with E-state index in [1.54, 1.807) is 0 Å². The summed E-state index contributed by atoms with van der Waals surface area (Å²) >= 11 is 0. The van der Waals surface area contributed by atoms with E-state index in [0.29, 0.717) is 3.97 Å². The zero-order valence-electron chi connectivity index (χ0n) is 11.1. The van der Waals surface area contributed by atoms with E-state index < -0.39 is 27.0 Å². The molecule has 2 heterocycles. The summed E-state index contributed by atoms with van der Waals surface area (Å²) in [6, 6.07) is 4.43. The summed E-state index contributed by atoms with van der Waals surface area (Å²) in [5.74, 6) is -0.837. The second-order valence-corrected chi connectivity index (χ2v) is 6.05. The Hall–Kier alpha value is -2.69. The highest BCUT2D eigenvalue weighted by Gasteiger charge is 2.34. The molecule has 0 aliphatic heterocycles. The Morgan fingerprint density at radius 2 is 1.87 bits per heavy atom.